The Balaban J connectivity index is 1.47. The molecule has 0 radical (unpaired) electrons. The van der Waals surface area contributed by atoms with Gasteiger partial charge in [0.05, 0.1) is 10.6 Å². The van der Waals surface area contributed by atoms with Crippen LogP contribution in [0.4, 0.5) is 5.69 Å². The Morgan fingerprint density at radius 2 is 1.69 bits per heavy atom. The Morgan fingerprint density at radius 3 is 2.43 bits per heavy atom. The lowest BCUT2D eigenvalue weighted by Gasteiger charge is -2.15. The van der Waals surface area contributed by atoms with E-state index in [0.29, 0.717) is 21.6 Å². The fourth-order valence-corrected chi connectivity index (χ4v) is 5.08. The number of carbonyl (C=O) groups excluding carboxylic acids is 1. The van der Waals surface area contributed by atoms with Gasteiger partial charge < -0.3 is 4.57 Å². The number of hydrogen-bond acceptors (Lipinski definition) is 3. The van der Waals surface area contributed by atoms with Gasteiger partial charge in [0.15, 0.2) is 5.17 Å². The summed E-state index contributed by atoms with van der Waals surface area (Å²) < 4.78 is 2.03. The van der Waals surface area contributed by atoms with Crippen LogP contribution in [0.5, 0.6) is 0 Å². The van der Waals surface area contributed by atoms with Crippen LogP contribution in [0.1, 0.15) is 16.8 Å². The van der Waals surface area contributed by atoms with Crippen LogP contribution in [-0.4, -0.2) is 27.1 Å². The first-order valence-corrected chi connectivity index (χ1v) is 12.6. The fraction of sp³-hybridized carbons (Fsp3) is 0.103. The molecule has 6 heteroatoms. The molecule has 2 heterocycles. The molecule has 1 aromatic heterocycles. The van der Waals surface area contributed by atoms with Crippen molar-refractivity contribution in [3.8, 4) is 5.69 Å². The number of aromatic nitrogens is 1. The molecule has 4 aromatic rings. The minimum absolute atomic E-state index is 0.0321. The van der Waals surface area contributed by atoms with Gasteiger partial charge in [0, 0.05) is 29.1 Å². The number of para-hydroxylation sites is 1. The molecule has 1 aliphatic rings. The van der Waals surface area contributed by atoms with E-state index in [9.17, 15) is 4.79 Å². The van der Waals surface area contributed by atoms with E-state index < -0.39 is 0 Å². The summed E-state index contributed by atoms with van der Waals surface area (Å²) in [6, 6.07) is 29.9. The molecule has 1 saturated heterocycles. The molecule has 1 amide bonds. The molecule has 174 valence electrons. The van der Waals surface area contributed by atoms with Gasteiger partial charge in [-0.15, -0.1) is 0 Å². The van der Waals surface area contributed by atoms with Crippen LogP contribution in [0.3, 0.4) is 0 Å². The molecule has 0 aliphatic carbocycles. The number of hydrogen-bond donors (Lipinski definition) is 0. The number of halogens is 1. The first kappa shape index (κ1) is 23.2. The van der Waals surface area contributed by atoms with E-state index in [0.717, 1.165) is 29.1 Å². The molecule has 5 rings (SSSR count). The summed E-state index contributed by atoms with van der Waals surface area (Å²) >= 11 is 7.78. The largest absolute Gasteiger partial charge is 0.317 e. The number of rotatable bonds is 6. The molecule has 1 aliphatic heterocycles. The van der Waals surface area contributed by atoms with Gasteiger partial charge in [-0.1, -0.05) is 66.2 Å². The van der Waals surface area contributed by atoms with Gasteiger partial charge in [0.25, 0.3) is 5.91 Å². The molecular formula is C29H24ClN3OS. The molecule has 0 spiro atoms. The molecular weight excluding hydrogens is 474 g/mol. The van der Waals surface area contributed by atoms with Gasteiger partial charge in [0.2, 0.25) is 0 Å². The van der Waals surface area contributed by atoms with Crippen molar-refractivity contribution in [2.45, 2.75) is 13.3 Å². The second kappa shape index (κ2) is 10.4. The lowest BCUT2D eigenvalue weighted by Crippen LogP contribution is -2.31. The second-order valence-corrected chi connectivity index (χ2v) is 9.69. The lowest BCUT2D eigenvalue weighted by atomic mass is 10.1. The Kier molecular flexibility index (Phi) is 6.89. The number of carbonyl (C=O) groups is 1. The van der Waals surface area contributed by atoms with E-state index in [1.807, 2.05) is 103 Å². The van der Waals surface area contributed by atoms with Crippen LogP contribution in [-0.2, 0) is 11.2 Å². The van der Waals surface area contributed by atoms with Crippen molar-refractivity contribution in [2.75, 3.05) is 6.54 Å². The zero-order chi connectivity index (χ0) is 24.2. The van der Waals surface area contributed by atoms with Crippen LogP contribution in [0.25, 0.3) is 11.8 Å². The Morgan fingerprint density at radius 1 is 0.943 bits per heavy atom. The topological polar surface area (TPSA) is 37.6 Å². The summed E-state index contributed by atoms with van der Waals surface area (Å²) in [7, 11) is 0. The van der Waals surface area contributed by atoms with Gasteiger partial charge in [-0.25, -0.2) is 4.99 Å². The summed E-state index contributed by atoms with van der Waals surface area (Å²) in [4.78, 5) is 20.8. The maximum atomic E-state index is 13.5. The number of aliphatic imine (C=N–C) groups is 1. The third kappa shape index (κ3) is 5.26. The van der Waals surface area contributed by atoms with E-state index in [-0.39, 0.29) is 5.91 Å². The van der Waals surface area contributed by atoms with Crippen LogP contribution in [0, 0.1) is 6.92 Å². The van der Waals surface area contributed by atoms with Crippen molar-refractivity contribution in [3.63, 3.8) is 0 Å². The van der Waals surface area contributed by atoms with Gasteiger partial charge in [-0.3, -0.25) is 9.69 Å². The third-order valence-corrected chi connectivity index (χ3v) is 7.24. The standard InChI is InChI=1S/C29H24ClN3OS/c1-21-14-15-25(19-26(21)30)32-17-8-13-24(32)20-27-28(34)33(18-16-22-9-4-2-5-10-22)29(35-27)31-23-11-6-3-7-12-23/h2-15,17,19-20H,16,18H2,1H3/b27-20-,31-29?. The van der Waals surface area contributed by atoms with Gasteiger partial charge in [0.1, 0.15) is 0 Å². The van der Waals surface area contributed by atoms with Crippen molar-refractivity contribution in [1.82, 2.24) is 9.47 Å². The highest BCUT2D eigenvalue weighted by Crippen LogP contribution is 2.35. The number of amidine groups is 1. The number of thioether (sulfide) groups is 1. The maximum absolute atomic E-state index is 13.5. The zero-order valence-corrected chi connectivity index (χ0v) is 20.8. The Labute approximate surface area is 214 Å². The summed E-state index contributed by atoms with van der Waals surface area (Å²) in [5, 5.41) is 1.41. The highest BCUT2D eigenvalue weighted by Gasteiger charge is 2.33. The first-order valence-electron chi connectivity index (χ1n) is 11.4. The van der Waals surface area contributed by atoms with Crippen molar-refractivity contribution in [2.24, 2.45) is 4.99 Å². The van der Waals surface area contributed by atoms with E-state index >= 15 is 0 Å². The summed E-state index contributed by atoms with van der Waals surface area (Å²) in [5.41, 5.74) is 4.90. The second-order valence-electron chi connectivity index (χ2n) is 8.27. The molecule has 0 saturated carbocycles. The minimum atomic E-state index is -0.0321. The van der Waals surface area contributed by atoms with E-state index in [2.05, 4.69) is 12.1 Å². The smallest absolute Gasteiger partial charge is 0.266 e. The van der Waals surface area contributed by atoms with Gasteiger partial charge in [-0.05, 0) is 78.7 Å². The molecule has 35 heavy (non-hydrogen) atoms. The van der Waals surface area contributed by atoms with E-state index in [1.165, 1.54) is 17.3 Å². The first-order chi connectivity index (χ1) is 17.1. The SMILES string of the molecule is Cc1ccc(-n2cccc2/C=C2\SC(=Nc3ccccc3)N(CCc3ccccc3)C2=O)cc1Cl. The van der Waals surface area contributed by atoms with Crippen LogP contribution >= 0.6 is 23.4 Å². The van der Waals surface area contributed by atoms with E-state index in [1.54, 1.807) is 4.90 Å². The third-order valence-electron chi connectivity index (χ3n) is 5.83. The quantitative estimate of drug-likeness (QED) is 0.262. The fourth-order valence-electron chi connectivity index (χ4n) is 3.90. The van der Waals surface area contributed by atoms with Crippen LogP contribution in [0.15, 0.2) is 107 Å². The average Bonchev–Trinajstić information content (AvgIpc) is 3.45. The average molecular weight is 498 g/mol. The monoisotopic (exact) mass is 497 g/mol. The Bertz CT molecular complexity index is 1410. The zero-order valence-electron chi connectivity index (χ0n) is 19.3. The molecule has 1 fully saturated rings. The molecule has 0 bridgehead atoms. The van der Waals surface area contributed by atoms with Crippen molar-refractivity contribution in [3.05, 3.63) is 124 Å². The van der Waals surface area contributed by atoms with Crippen molar-refractivity contribution < 1.29 is 4.79 Å². The maximum Gasteiger partial charge on any atom is 0.266 e. The molecule has 3 aromatic carbocycles. The number of nitrogens with zero attached hydrogens (tertiary/aromatic N) is 3. The minimum Gasteiger partial charge on any atom is -0.317 e. The predicted molar refractivity (Wildman–Crippen MR) is 146 cm³/mol. The summed E-state index contributed by atoms with van der Waals surface area (Å²) in [5.74, 6) is -0.0321. The van der Waals surface area contributed by atoms with Crippen molar-refractivity contribution >= 4 is 46.2 Å². The predicted octanol–water partition coefficient (Wildman–Crippen LogP) is 7.29. The molecule has 4 nitrogen and oxygen atoms in total. The molecule has 0 N–H and O–H groups in total. The van der Waals surface area contributed by atoms with Crippen molar-refractivity contribution in [1.29, 1.82) is 0 Å². The molecule has 0 atom stereocenters. The number of aryl methyl sites for hydroxylation is 1. The molecule has 0 unspecified atom stereocenters. The van der Waals surface area contributed by atoms with Gasteiger partial charge >= 0.3 is 0 Å². The number of benzene rings is 3. The Hall–Kier alpha value is -3.54. The highest BCUT2D eigenvalue weighted by atomic mass is 35.5. The lowest BCUT2D eigenvalue weighted by molar-refractivity contribution is -0.122. The van der Waals surface area contributed by atoms with Crippen LogP contribution < -0.4 is 0 Å². The van der Waals surface area contributed by atoms with E-state index in [4.69, 9.17) is 16.6 Å². The van der Waals surface area contributed by atoms with Crippen LogP contribution in [0.2, 0.25) is 5.02 Å². The highest BCUT2D eigenvalue weighted by molar-refractivity contribution is 8.18. The number of amides is 1. The normalized spacial score (nSPS) is 15.9. The summed E-state index contributed by atoms with van der Waals surface area (Å²) in [6.07, 6.45) is 4.67. The summed E-state index contributed by atoms with van der Waals surface area (Å²) in [6.45, 7) is 2.55. The van der Waals surface area contributed by atoms with Gasteiger partial charge in [-0.2, -0.15) is 0 Å².